The van der Waals surface area contributed by atoms with Gasteiger partial charge in [0.2, 0.25) is 0 Å². The average molecular weight is 201 g/mol. The summed E-state index contributed by atoms with van der Waals surface area (Å²) < 4.78 is 4.93. The molecule has 1 aromatic carbocycles. The zero-order valence-corrected chi connectivity index (χ0v) is 7.49. The molecule has 1 rings (SSSR count). The van der Waals surface area contributed by atoms with Crippen molar-refractivity contribution in [3.05, 3.63) is 28.2 Å². The van der Waals surface area contributed by atoms with Crippen molar-refractivity contribution < 1.29 is 4.74 Å². The number of nitrogens with zero attached hydrogens (tertiary/aromatic N) is 1. The van der Waals surface area contributed by atoms with Gasteiger partial charge in [0.05, 0.1) is 10.0 Å². The van der Waals surface area contributed by atoms with E-state index in [-0.39, 0.29) is 6.61 Å². The topological polar surface area (TPSA) is 33.0 Å². The second-order valence-electron chi connectivity index (χ2n) is 1.93. The van der Waals surface area contributed by atoms with E-state index in [1.165, 1.54) is 0 Å². The maximum absolute atomic E-state index is 8.20. The highest BCUT2D eigenvalue weighted by molar-refractivity contribution is 6.41. The summed E-state index contributed by atoms with van der Waals surface area (Å²) in [6.07, 6.45) is 0. The highest BCUT2D eigenvalue weighted by Crippen LogP contribution is 2.25. The van der Waals surface area contributed by atoms with Gasteiger partial charge in [-0.25, -0.2) is 0 Å². The van der Waals surface area contributed by atoms with E-state index in [0.29, 0.717) is 15.8 Å². The largest absolute Gasteiger partial charge is 0.478 e. The fourth-order valence-electron chi connectivity index (χ4n) is 0.626. The third-order valence-corrected chi connectivity index (χ3v) is 1.83. The predicted octanol–water partition coefficient (Wildman–Crippen LogP) is 2.70. The maximum Gasteiger partial charge on any atom is 0.174 e. The van der Waals surface area contributed by atoms with Gasteiger partial charge in [-0.2, -0.15) is 5.26 Å². The van der Waals surface area contributed by atoms with E-state index in [4.69, 9.17) is 33.2 Å². The molecule has 12 heavy (non-hydrogen) atoms. The van der Waals surface area contributed by atoms with Crippen LogP contribution in [0.15, 0.2) is 12.1 Å². The number of halogens is 2. The van der Waals surface area contributed by atoms with E-state index >= 15 is 0 Å². The van der Waals surface area contributed by atoms with Gasteiger partial charge in [-0.1, -0.05) is 23.2 Å². The summed E-state index contributed by atoms with van der Waals surface area (Å²) >= 11 is 11.3. The molecule has 0 heterocycles. The Kier molecular flexibility index (Phi) is 3.21. The molecule has 0 bridgehead atoms. The summed E-state index contributed by atoms with van der Waals surface area (Å²) in [6, 6.07) is 7.70. The van der Waals surface area contributed by atoms with Gasteiger partial charge in [-0.3, -0.25) is 0 Å². The van der Waals surface area contributed by atoms with Gasteiger partial charge in [-0.05, 0) is 12.1 Å². The summed E-state index contributed by atoms with van der Waals surface area (Å²) in [4.78, 5) is 0. The number of benzene rings is 1. The Labute approximate surface area is 80.3 Å². The van der Waals surface area contributed by atoms with Gasteiger partial charge in [0.15, 0.2) is 6.61 Å². The van der Waals surface area contributed by atoms with E-state index in [9.17, 15) is 0 Å². The highest BCUT2D eigenvalue weighted by Gasteiger charge is 1.99. The van der Waals surface area contributed by atoms with Crippen LogP contribution in [0.3, 0.4) is 0 Å². The van der Waals surface area contributed by atoms with Crippen LogP contribution in [-0.2, 0) is 0 Å². The average Bonchev–Trinajstić information content (AvgIpc) is 2.07. The molecule has 0 aliphatic carbocycles. The third kappa shape index (κ3) is 2.30. The summed E-state index contributed by atoms with van der Waals surface area (Å²) in [7, 11) is 0. The first-order valence-electron chi connectivity index (χ1n) is 3.11. The van der Waals surface area contributed by atoms with Crippen molar-refractivity contribution in [1.82, 2.24) is 0 Å². The Hall–Kier alpha value is -0.910. The Morgan fingerprint density at radius 2 is 2.25 bits per heavy atom. The van der Waals surface area contributed by atoms with Gasteiger partial charge >= 0.3 is 0 Å². The van der Waals surface area contributed by atoms with Crippen molar-refractivity contribution in [3.8, 4) is 11.8 Å². The molecule has 0 aromatic heterocycles. The van der Waals surface area contributed by atoms with Crippen LogP contribution in [0.2, 0.25) is 10.0 Å². The Bertz CT molecular complexity index is 319. The smallest absolute Gasteiger partial charge is 0.174 e. The second kappa shape index (κ2) is 4.20. The molecule has 0 aliphatic rings. The van der Waals surface area contributed by atoms with Crippen molar-refractivity contribution in [1.29, 1.82) is 5.26 Å². The van der Waals surface area contributed by atoms with Crippen LogP contribution >= 0.6 is 23.2 Å². The van der Waals surface area contributed by atoms with E-state index in [1.807, 2.05) is 6.07 Å². The lowest BCUT2D eigenvalue weighted by Crippen LogP contribution is -1.92. The Morgan fingerprint density at radius 1 is 1.50 bits per heavy atom. The van der Waals surface area contributed by atoms with E-state index in [0.717, 1.165) is 0 Å². The fourth-order valence-corrected chi connectivity index (χ4v) is 0.892. The highest BCUT2D eigenvalue weighted by atomic mass is 35.5. The Morgan fingerprint density at radius 3 is 2.83 bits per heavy atom. The SMILES string of the molecule is N#CCOc1[c]c(Cl)c(Cl)cc1. The summed E-state index contributed by atoms with van der Waals surface area (Å²) in [6.45, 7) is -0.0194. The molecule has 2 nitrogen and oxygen atoms in total. The van der Waals surface area contributed by atoms with Crippen LogP contribution in [0.1, 0.15) is 0 Å². The molecule has 0 amide bonds. The number of ether oxygens (including phenoxy) is 1. The van der Waals surface area contributed by atoms with Gasteiger partial charge in [-0.15, -0.1) is 0 Å². The number of hydrogen-bond acceptors (Lipinski definition) is 2. The second-order valence-corrected chi connectivity index (χ2v) is 2.72. The van der Waals surface area contributed by atoms with E-state index in [1.54, 1.807) is 12.1 Å². The molecule has 0 fully saturated rings. The molecule has 0 N–H and O–H groups in total. The number of hydrogen-bond donors (Lipinski definition) is 0. The molecule has 0 unspecified atom stereocenters. The molecule has 0 atom stereocenters. The molecule has 0 saturated carbocycles. The van der Waals surface area contributed by atoms with E-state index in [2.05, 4.69) is 6.07 Å². The minimum absolute atomic E-state index is 0.0194. The molecule has 4 heteroatoms. The lowest BCUT2D eigenvalue weighted by molar-refractivity contribution is 0.367. The molecule has 1 radical (unpaired) electrons. The quantitative estimate of drug-likeness (QED) is 0.736. The Balaban J connectivity index is 2.77. The minimum atomic E-state index is -0.0194. The van der Waals surface area contributed by atoms with Crippen molar-refractivity contribution >= 4 is 23.2 Å². The molecule has 61 valence electrons. The van der Waals surface area contributed by atoms with Gasteiger partial charge in [0.1, 0.15) is 11.8 Å². The summed E-state index contributed by atoms with van der Waals surface area (Å²) in [5, 5.41) is 8.92. The van der Waals surface area contributed by atoms with Gasteiger partial charge in [0, 0.05) is 6.07 Å². The minimum Gasteiger partial charge on any atom is -0.478 e. The molecular weight excluding hydrogens is 197 g/mol. The summed E-state index contributed by atoms with van der Waals surface area (Å²) in [5.41, 5.74) is 0. The first-order valence-corrected chi connectivity index (χ1v) is 3.86. The molecule has 1 aromatic rings. The van der Waals surface area contributed by atoms with Crippen molar-refractivity contribution in [2.45, 2.75) is 0 Å². The molecule has 0 spiro atoms. The first-order chi connectivity index (χ1) is 5.74. The van der Waals surface area contributed by atoms with Crippen LogP contribution < -0.4 is 4.74 Å². The van der Waals surface area contributed by atoms with Crippen molar-refractivity contribution in [3.63, 3.8) is 0 Å². The normalized spacial score (nSPS) is 9.08. The molecule has 0 saturated heterocycles. The molecule has 0 aliphatic heterocycles. The van der Waals surface area contributed by atoms with Crippen molar-refractivity contribution in [2.75, 3.05) is 6.61 Å². The lowest BCUT2D eigenvalue weighted by atomic mass is 10.3. The van der Waals surface area contributed by atoms with Gasteiger partial charge < -0.3 is 4.74 Å². The lowest BCUT2D eigenvalue weighted by Gasteiger charge is -2.01. The number of nitriles is 1. The van der Waals surface area contributed by atoms with Crippen LogP contribution in [0.25, 0.3) is 0 Å². The maximum atomic E-state index is 8.20. The standard InChI is InChI=1S/C8H4Cl2NO/c9-7-2-1-6(5-8(7)10)12-4-3-11/h1-2H,4H2. The van der Waals surface area contributed by atoms with E-state index < -0.39 is 0 Å². The zero-order chi connectivity index (χ0) is 8.97. The molecular formula is C8H4Cl2NO. The van der Waals surface area contributed by atoms with Crippen LogP contribution in [0.4, 0.5) is 0 Å². The first kappa shape index (κ1) is 9.18. The van der Waals surface area contributed by atoms with Gasteiger partial charge in [0.25, 0.3) is 0 Å². The van der Waals surface area contributed by atoms with Crippen LogP contribution in [0, 0.1) is 17.4 Å². The zero-order valence-electron chi connectivity index (χ0n) is 5.97. The van der Waals surface area contributed by atoms with Crippen LogP contribution in [0.5, 0.6) is 5.75 Å². The fraction of sp³-hybridized carbons (Fsp3) is 0.125. The van der Waals surface area contributed by atoms with Crippen molar-refractivity contribution in [2.24, 2.45) is 0 Å². The van der Waals surface area contributed by atoms with Crippen LogP contribution in [-0.4, -0.2) is 6.61 Å². The summed E-state index contributed by atoms with van der Waals surface area (Å²) in [5.74, 6) is 0.422. The monoisotopic (exact) mass is 200 g/mol. The predicted molar refractivity (Wildman–Crippen MR) is 46.4 cm³/mol. The number of rotatable bonds is 2. The third-order valence-electron chi connectivity index (χ3n) is 1.12.